The molecule has 0 bridgehead atoms. The van der Waals surface area contributed by atoms with Crippen LogP contribution in [0.4, 0.5) is 26.3 Å². The Kier molecular flexibility index (Phi) is 9.56. The Bertz CT molecular complexity index is 577. The summed E-state index contributed by atoms with van der Waals surface area (Å²) < 4.78 is 83.4. The summed E-state index contributed by atoms with van der Waals surface area (Å²) in [5.41, 5.74) is -6.95. The summed E-state index contributed by atoms with van der Waals surface area (Å²) in [4.78, 5) is 13.3. The molecule has 0 heterocycles. The van der Waals surface area contributed by atoms with Crippen molar-refractivity contribution in [1.82, 2.24) is 0 Å². The lowest BCUT2D eigenvalue weighted by Crippen LogP contribution is -2.58. The van der Waals surface area contributed by atoms with Gasteiger partial charge in [-0.05, 0) is 43.9 Å². The standard InChI is InChI=1S/C22H38F6O3/c1-9-17(6,10-2)14-19(8,18(7,11-3)12-4)16(29)31-15(5)13-20(30,21(23,24)25)22(26,27)28/h15,30H,9-14H2,1-8H3. The number of esters is 1. The van der Waals surface area contributed by atoms with E-state index in [0.29, 0.717) is 19.3 Å². The highest BCUT2D eigenvalue weighted by Crippen LogP contribution is 2.54. The van der Waals surface area contributed by atoms with E-state index in [4.69, 9.17) is 4.74 Å². The van der Waals surface area contributed by atoms with Crippen LogP contribution in [0.1, 0.15) is 93.9 Å². The molecular formula is C22H38F6O3. The summed E-state index contributed by atoms with van der Waals surface area (Å²) in [7, 11) is 0. The van der Waals surface area contributed by atoms with Crippen LogP contribution in [0.5, 0.6) is 0 Å². The Hall–Kier alpha value is -0.990. The monoisotopic (exact) mass is 464 g/mol. The summed E-state index contributed by atoms with van der Waals surface area (Å²) in [6, 6.07) is 0. The normalized spacial score (nSPS) is 17.3. The van der Waals surface area contributed by atoms with Crippen molar-refractivity contribution in [2.45, 2.75) is 118 Å². The zero-order chi connectivity index (χ0) is 25.1. The Labute approximate surface area is 181 Å². The highest BCUT2D eigenvalue weighted by Gasteiger charge is 2.70. The van der Waals surface area contributed by atoms with Crippen molar-refractivity contribution in [2.24, 2.45) is 16.2 Å². The predicted octanol–water partition coefficient (Wildman–Crippen LogP) is 7.21. The highest BCUT2D eigenvalue weighted by molar-refractivity contribution is 5.77. The van der Waals surface area contributed by atoms with E-state index in [-0.39, 0.29) is 5.41 Å². The molecule has 0 saturated carbocycles. The smallest absolute Gasteiger partial charge is 0.426 e. The van der Waals surface area contributed by atoms with Gasteiger partial charge in [-0.2, -0.15) is 26.3 Å². The quantitative estimate of drug-likeness (QED) is 0.260. The van der Waals surface area contributed by atoms with Gasteiger partial charge in [0, 0.05) is 6.42 Å². The fourth-order valence-corrected chi connectivity index (χ4v) is 4.08. The van der Waals surface area contributed by atoms with Gasteiger partial charge in [-0.3, -0.25) is 4.79 Å². The van der Waals surface area contributed by atoms with Crippen LogP contribution in [0.3, 0.4) is 0 Å². The lowest BCUT2D eigenvalue weighted by Gasteiger charge is -2.48. The molecule has 0 aromatic heterocycles. The van der Waals surface area contributed by atoms with Gasteiger partial charge in [-0.25, -0.2) is 0 Å². The van der Waals surface area contributed by atoms with Gasteiger partial charge in [0.15, 0.2) is 0 Å². The lowest BCUT2D eigenvalue weighted by atomic mass is 9.56. The number of halogens is 6. The summed E-state index contributed by atoms with van der Waals surface area (Å²) in [5.74, 6) is -0.842. The average Bonchev–Trinajstić information content (AvgIpc) is 2.64. The molecule has 0 rings (SSSR count). The van der Waals surface area contributed by atoms with Gasteiger partial charge in [-0.1, -0.05) is 54.4 Å². The molecule has 0 aliphatic rings. The van der Waals surface area contributed by atoms with Crippen molar-refractivity contribution >= 4 is 5.97 Å². The number of hydrogen-bond acceptors (Lipinski definition) is 3. The third-order valence-corrected chi connectivity index (χ3v) is 7.66. The third kappa shape index (κ3) is 6.08. The van der Waals surface area contributed by atoms with Crippen molar-refractivity contribution in [2.75, 3.05) is 0 Å². The molecule has 0 aromatic carbocycles. The second-order valence-corrected chi connectivity index (χ2v) is 9.57. The van der Waals surface area contributed by atoms with E-state index in [0.717, 1.165) is 19.8 Å². The fourth-order valence-electron chi connectivity index (χ4n) is 4.08. The molecule has 3 nitrogen and oxygen atoms in total. The van der Waals surface area contributed by atoms with Gasteiger partial charge in [0.2, 0.25) is 0 Å². The second kappa shape index (κ2) is 9.87. The molecule has 0 amide bonds. The van der Waals surface area contributed by atoms with Crippen LogP contribution < -0.4 is 0 Å². The van der Waals surface area contributed by atoms with Crippen LogP contribution in [0.2, 0.25) is 0 Å². The molecule has 9 heteroatoms. The Morgan fingerprint density at radius 3 is 1.52 bits per heavy atom. The fraction of sp³-hybridized carbons (Fsp3) is 0.955. The maximum atomic E-state index is 13.3. The number of alkyl halides is 6. The van der Waals surface area contributed by atoms with Crippen LogP contribution >= 0.6 is 0 Å². The largest absolute Gasteiger partial charge is 0.462 e. The van der Waals surface area contributed by atoms with E-state index in [9.17, 15) is 36.2 Å². The highest BCUT2D eigenvalue weighted by atomic mass is 19.4. The summed E-state index contributed by atoms with van der Waals surface area (Å²) >= 11 is 0. The van der Waals surface area contributed by atoms with Gasteiger partial charge in [0.05, 0.1) is 5.41 Å². The first-order valence-electron chi connectivity index (χ1n) is 10.8. The molecule has 0 aliphatic heterocycles. The lowest BCUT2D eigenvalue weighted by molar-refractivity contribution is -0.373. The van der Waals surface area contributed by atoms with Gasteiger partial charge in [-0.15, -0.1) is 0 Å². The maximum absolute atomic E-state index is 13.3. The molecule has 2 unspecified atom stereocenters. The van der Waals surface area contributed by atoms with E-state index in [1.165, 1.54) is 0 Å². The minimum absolute atomic E-state index is 0.263. The topological polar surface area (TPSA) is 46.5 Å². The van der Waals surface area contributed by atoms with E-state index in [1.807, 2.05) is 41.5 Å². The van der Waals surface area contributed by atoms with Crippen molar-refractivity contribution in [3.05, 3.63) is 0 Å². The van der Waals surface area contributed by atoms with E-state index >= 15 is 0 Å². The van der Waals surface area contributed by atoms with Crippen LogP contribution in [-0.4, -0.2) is 35.1 Å². The number of hydrogen-bond donors (Lipinski definition) is 1. The maximum Gasteiger partial charge on any atom is 0.426 e. The zero-order valence-corrected chi connectivity index (χ0v) is 19.9. The molecule has 0 saturated heterocycles. The van der Waals surface area contributed by atoms with Crippen molar-refractivity contribution in [3.8, 4) is 0 Å². The molecule has 186 valence electrons. The zero-order valence-electron chi connectivity index (χ0n) is 19.9. The molecule has 1 N–H and O–H groups in total. The number of ether oxygens (including phenoxy) is 1. The average molecular weight is 465 g/mol. The molecule has 0 aliphatic carbocycles. The van der Waals surface area contributed by atoms with Crippen LogP contribution in [0.15, 0.2) is 0 Å². The first kappa shape index (κ1) is 30.0. The SMILES string of the molecule is CCC(C)(CC)CC(C)(C(=O)OC(C)CC(O)(C(F)(F)F)C(F)(F)F)C(C)(CC)CC. The van der Waals surface area contributed by atoms with E-state index in [1.54, 1.807) is 6.92 Å². The van der Waals surface area contributed by atoms with Crippen LogP contribution in [0, 0.1) is 16.2 Å². The van der Waals surface area contributed by atoms with Crippen molar-refractivity contribution < 1.29 is 41.0 Å². The van der Waals surface area contributed by atoms with Crippen molar-refractivity contribution in [1.29, 1.82) is 0 Å². The Morgan fingerprint density at radius 1 is 0.839 bits per heavy atom. The second-order valence-electron chi connectivity index (χ2n) is 9.57. The third-order valence-electron chi connectivity index (χ3n) is 7.66. The van der Waals surface area contributed by atoms with Gasteiger partial charge >= 0.3 is 18.3 Å². The van der Waals surface area contributed by atoms with Gasteiger partial charge < -0.3 is 9.84 Å². The molecule has 0 spiro atoms. The van der Waals surface area contributed by atoms with Gasteiger partial charge in [0.1, 0.15) is 6.10 Å². The summed E-state index contributed by atoms with van der Waals surface area (Å²) in [5, 5.41) is 9.44. The molecule has 0 aromatic rings. The molecule has 0 radical (unpaired) electrons. The first-order chi connectivity index (χ1) is 13.7. The summed E-state index contributed by atoms with van der Waals surface area (Å²) in [6.45, 7) is 14.2. The minimum atomic E-state index is -5.96. The number of carbonyl (C=O) groups is 1. The van der Waals surface area contributed by atoms with E-state index in [2.05, 4.69) is 0 Å². The van der Waals surface area contributed by atoms with Gasteiger partial charge in [0.25, 0.3) is 5.60 Å². The minimum Gasteiger partial charge on any atom is -0.462 e. The van der Waals surface area contributed by atoms with Crippen LogP contribution in [0.25, 0.3) is 0 Å². The predicted molar refractivity (Wildman–Crippen MR) is 107 cm³/mol. The van der Waals surface area contributed by atoms with Crippen LogP contribution in [-0.2, 0) is 9.53 Å². The number of rotatable bonds is 11. The molecule has 0 fully saturated rings. The molecule has 2 atom stereocenters. The van der Waals surface area contributed by atoms with E-state index < -0.39 is 47.3 Å². The first-order valence-corrected chi connectivity index (χ1v) is 10.8. The Balaban J connectivity index is 6.06. The van der Waals surface area contributed by atoms with Crippen molar-refractivity contribution in [3.63, 3.8) is 0 Å². The molecular weight excluding hydrogens is 426 g/mol. The number of carbonyl (C=O) groups excluding carboxylic acids is 1. The Morgan fingerprint density at radius 2 is 1.23 bits per heavy atom. The number of aliphatic hydroxyl groups is 1. The summed E-state index contributed by atoms with van der Waals surface area (Å²) in [6.07, 6.45) is -12.5. The molecule has 31 heavy (non-hydrogen) atoms.